The van der Waals surface area contributed by atoms with Gasteiger partial charge in [0.15, 0.2) is 0 Å². The SMILES string of the molecule is COc1cccc(C2/C(=C(/O)c3ccc(Cl)cc3)C(=O)C(=O)N2c2ccc(OC(C)C)cc2)c1. The predicted octanol–water partition coefficient (Wildman–Crippen LogP) is 5.76. The molecule has 7 heteroatoms. The van der Waals surface area contributed by atoms with Crippen molar-refractivity contribution in [3.63, 3.8) is 0 Å². The predicted molar refractivity (Wildman–Crippen MR) is 131 cm³/mol. The van der Waals surface area contributed by atoms with Crippen molar-refractivity contribution in [2.45, 2.75) is 26.0 Å². The summed E-state index contributed by atoms with van der Waals surface area (Å²) in [7, 11) is 1.54. The Morgan fingerprint density at radius 2 is 1.65 bits per heavy atom. The van der Waals surface area contributed by atoms with E-state index in [1.54, 1.807) is 72.8 Å². The highest BCUT2D eigenvalue weighted by Gasteiger charge is 2.47. The van der Waals surface area contributed by atoms with Crippen LogP contribution in [0, 0.1) is 0 Å². The highest BCUT2D eigenvalue weighted by molar-refractivity contribution is 6.51. The molecule has 6 nitrogen and oxygen atoms in total. The number of hydrogen-bond acceptors (Lipinski definition) is 5. The molecule has 0 aliphatic carbocycles. The standard InChI is InChI=1S/C27H24ClNO5/c1-16(2)34-21-13-11-20(12-14-21)29-24(18-5-4-6-22(15-18)33-3)23(26(31)27(29)32)25(30)17-7-9-19(28)10-8-17/h4-16,24,30H,1-3H3/b25-23-. The van der Waals surface area contributed by atoms with Gasteiger partial charge in [-0.1, -0.05) is 23.7 Å². The van der Waals surface area contributed by atoms with Crippen molar-refractivity contribution in [1.82, 2.24) is 0 Å². The summed E-state index contributed by atoms with van der Waals surface area (Å²) in [4.78, 5) is 27.9. The lowest BCUT2D eigenvalue weighted by atomic mass is 9.95. The van der Waals surface area contributed by atoms with Gasteiger partial charge < -0.3 is 14.6 Å². The number of rotatable bonds is 6. The zero-order valence-corrected chi connectivity index (χ0v) is 19.7. The Kier molecular flexibility index (Phi) is 6.61. The maximum atomic E-state index is 13.3. The third kappa shape index (κ3) is 4.50. The van der Waals surface area contributed by atoms with E-state index in [2.05, 4.69) is 0 Å². The number of halogens is 1. The molecule has 0 spiro atoms. The molecule has 1 fully saturated rings. The molecule has 0 radical (unpaired) electrons. The third-order valence-corrected chi connectivity index (χ3v) is 5.71. The number of aliphatic hydroxyl groups excluding tert-OH is 1. The van der Waals surface area contributed by atoms with Gasteiger partial charge in [0.25, 0.3) is 11.7 Å². The number of anilines is 1. The molecule has 3 aromatic rings. The minimum Gasteiger partial charge on any atom is -0.507 e. The second-order valence-electron chi connectivity index (χ2n) is 8.11. The van der Waals surface area contributed by atoms with Gasteiger partial charge in [-0.15, -0.1) is 0 Å². The number of amides is 1. The molecule has 1 aliphatic rings. The smallest absolute Gasteiger partial charge is 0.300 e. The summed E-state index contributed by atoms with van der Waals surface area (Å²) in [5.74, 6) is -0.571. The van der Waals surface area contributed by atoms with E-state index in [1.807, 2.05) is 13.8 Å². The lowest BCUT2D eigenvalue weighted by Gasteiger charge is -2.26. The molecule has 1 heterocycles. The summed E-state index contributed by atoms with van der Waals surface area (Å²) in [6, 6.07) is 19.6. The molecule has 1 saturated heterocycles. The summed E-state index contributed by atoms with van der Waals surface area (Å²) < 4.78 is 11.1. The van der Waals surface area contributed by atoms with E-state index in [0.717, 1.165) is 0 Å². The topological polar surface area (TPSA) is 76.1 Å². The Bertz CT molecular complexity index is 1250. The number of methoxy groups -OCH3 is 1. The van der Waals surface area contributed by atoms with Gasteiger partial charge in [0.05, 0.1) is 24.8 Å². The van der Waals surface area contributed by atoms with Crippen molar-refractivity contribution >= 4 is 34.7 Å². The average Bonchev–Trinajstić information content (AvgIpc) is 3.10. The number of carbonyl (C=O) groups is 2. The first-order valence-electron chi connectivity index (χ1n) is 10.8. The van der Waals surface area contributed by atoms with Crippen LogP contribution in [0.4, 0.5) is 5.69 Å². The van der Waals surface area contributed by atoms with E-state index < -0.39 is 17.7 Å². The van der Waals surface area contributed by atoms with Crippen LogP contribution in [-0.2, 0) is 9.59 Å². The molecule has 174 valence electrons. The van der Waals surface area contributed by atoms with Crippen LogP contribution in [0.2, 0.25) is 5.02 Å². The van der Waals surface area contributed by atoms with Gasteiger partial charge in [-0.25, -0.2) is 0 Å². The molecular formula is C27H24ClNO5. The number of carbonyl (C=O) groups excluding carboxylic acids is 2. The number of Topliss-reactive ketones (excluding diaryl/α,β-unsaturated/α-hetero) is 1. The molecular weight excluding hydrogens is 454 g/mol. The quantitative estimate of drug-likeness (QED) is 0.277. The van der Waals surface area contributed by atoms with Crippen LogP contribution in [-0.4, -0.2) is 30.0 Å². The molecule has 1 unspecified atom stereocenters. The molecule has 4 rings (SSSR count). The number of benzene rings is 3. The van der Waals surface area contributed by atoms with E-state index in [9.17, 15) is 14.7 Å². The van der Waals surface area contributed by atoms with E-state index in [-0.39, 0.29) is 17.4 Å². The zero-order chi connectivity index (χ0) is 24.4. The first-order valence-corrected chi connectivity index (χ1v) is 11.2. The Hall–Kier alpha value is -3.77. The summed E-state index contributed by atoms with van der Waals surface area (Å²) in [5.41, 5.74) is 1.50. The Labute approximate surface area is 203 Å². The third-order valence-electron chi connectivity index (χ3n) is 5.46. The Morgan fingerprint density at radius 1 is 0.971 bits per heavy atom. The van der Waals surface area contributed by atoms with Gasteiger partial charge in [0.1, 0.15) is 17.3 Å². The van der Waals surface area contributed by atoms with Gasteiger partial charge in [0.2, 0.25) is 0 Å². The van der Waals surface area contributed by atoms with Crippen molar-refractivity contribution in [2.24, 2.45) is 0 Å². The monoisotopic (exact) mass is 477 g/mol. The molecule has 34 heavy (non-hydrogen) atoms. The van der Waals surface area contributed by atoms with Gasteiger partial charge >= 0.3 is 0 Å². The summed E-state index contributed by atoms with van der Waals surface area (Å²) in [6.07, 6.45) is -0.00348. The Balaban J connectivity index is 1.88. The van der Waals surface area contributed by atoms with Crippen LogP contribution >= 0.6 is 11.6 Å². The number of ketones is 1. The van der Waals surface area contributed by atoms with Crippen molar-refractivity contribution < 1.29 is 24.2 Å². The lowest BCUT2D eigenvalue weighted by Crippen LogP contribution is -2.29. The number of nitrogens with zero attached hydrogens (tertiary/aromatic N) is 1. The van der Waals surface area contributed by atoms with Crippen molar-refractivity contribution in [3.05, 3.63) is 94.5 Å². The minimum absolute atomic E-state index is 0.00348. The zero-order valence-electron chi connectivity index (χ0n) is 19.0. The highest BCUT2D eigenvalue weighted by Crippen LogP contribution is 2.43. The molecule has 3 aromatic carbocycles. The van der Waals surface area contributed by atoms with Crippen molar-refractivity contribution in [1.29, 1.82) is 0 Å². The highest BCUT2D eigenvalue weighted by atomic mass is 35.5. The number of ether oxygens (including phenoxy) is 2. The molecule has 1 N–H and O–H groups in total. The first-order chi connectivity index (χ1) is 16.3. The van der Waals surface area contributed by atoms with Crippen molar-refractivity contribution in [3.8, 4) is 11.5 Å². The minimum atomic E-state index is -0.859. The number of hydrogen-bond donors (Lipinski definition) is 1. The van der Waals surface area contributed by atoms with Crippen LogP contribution in [0.25, 0.3) is 5.76 Å². The summed E-state index contributed by atoms with van der Waals surface area (Å²) in [5, 5.41) is 11.6. The van der Waals surface area contributed by atoms with E-state index in [1.165, 1.54) is 12.0 Å². The van der Waals surface area contributed by atoms with Crippen molar-refractivity contribution in [2.75, 3.05) is 12.0 Å². The fourth-order valence-corrected chi connectivity index (χ4v) is 4.07. The molecule has 0 bridgehead atoms. The van der Waals surface area contributed by atoms with Crippen LogP contribution in [0.5, 0.6) is 11.5 Å². The summed E-state index contributed by atoms with van der Waals surface area (Å²) >= 11 is 5.98. The van der Waals surface area contributed by atoms with Crippen LogP contribution in [0.3, 0.4) is 0 Å². The van der Waals surface area contributed by atoms with Crippen LogP contribution in [0.15, 0.2) is 78.4 Å². The van der Waals surface area contributed by atoms with Gasteiger partial charge in [0, 0.05) is 16.3 Å². The van der Waals surface area contributed by atoms with E-state index >= 15 is 0 Å². The fourth-order valence-electron chi connectivity index (χ4n) is 3.95. The second-order valence-corrected chi connectivity index (χ2v) is 8.55. The largest absolute Gasteiger partial charge is 0.507 e. The maximum absolute atomic E-state index is 13.3. The van der Waals surface area contributed by atoms with Crippen LogP contribution < -0.4 is 14.4 Å². The Morgan fingerprint density at radius 3 is 2.26 bits per heavy atom. The normalized spacial score (nSPS) is 17.3. The average molecular weight is 478 g/mol. The number of aliphatic hydroxyl groups is 1. The fraction of sp³-hybridized carbons (Fsp3) is 0.185. The van der Waals surface area contributed by atoms with E-state index in [0.29, 0.717) is 33.3 Å². The molecule has 0 aromatic heterocycles. The molecule has 1 atom stereocenters. The van der Waals surface area contributed by atoms with Gasteiger partial charge in [-0.3, -0.25) is 14.5 Å². The molecule has 1 aliphatic heterocycles. The maximum Gasteiger partial charge on any atom is 0.300 e. The second kappa shape index (κ2) is 9.61. The molecule has 0 saturated carbocycles. The lowest BCUT2D eigenvalue weighted by molar-refractivity contribution is -0.132. The summed E-state index contributed by atoms with van der Waals surface area (Å²) in [6.45, 7) is 3.85. The van der Waals surface area contributed by atoms with Gasteiger partial charge in [-0.05, 0) is 80.1 Å². The van der Waals surface area contributed by atoms with Crippen LogP contribution in [0.1, 0.15) is 31.0 Å². The van der Waals surface area contributed by atoms with E-state index in [4.69, 9.17) is 21.1 Å². The molecule has 1 amide bonds. The van der Waals surface area contributed by atoms with Gasteiger partial charge in [-0.2, -0.15) is 0 Å². The first kappa shape index (κ1) is 23.4.